The summed E-state index contributed by atoms with van der Waals surface area (Å²) in [5.74, 6) is -6.22. The predicted molar refractivity (Wildman–Crippen MR) is 258 cm³/mol. The van der Waals surface area contributed by atoms with Crippen LogP contribution in [0, 0.1) is 0 Å². The van der Waals surface area contributed by atoms with Crippen LogP contribution in [0.15, 0.2) is 36.4 Å². The Bertz CT molecular complexity index is 2040. The van der Waals surface area contributed by atoms with E-state index in [9.17, 15) is 59.1 Å². The molecule has 0 radical (unpaired) electrons. The number of carbonyl (C=O) groups excluding carboxylic acids is 7. The standard InChI is InChI=1S/C49H76N8O12/c1-6-7-8-9-10-11-12-13-14-15-16-17-18-19-41(63)56(4)38(29-59)47(67)55-44(50)49(69)51-27-42(64)57(5)43-33-21-23-40(62)35(26-33)34-24-32(20-22-39(34)61)25-36(46(66)54-37(28-58)31(3)60)53-45(65)30(2)52-48(43)68/h20-24,26,30-31,36-38,43-44,58-62H,6-19,25,27-29,50H2,1-5H3,(H,51,69)(H,52,68)(H,53,65)(H,54,66)(H,55,67)/t30-,31?,36-,37+,38+,43-,44-/m0/s1. The summed E-state index contributed by atoms with van der Waals surface area (Å²) in [4.78, 5) is 96.0. The highest BCUT2D eigenvalue weighted by Gasteiger charge is 2.35. The van der Waals surface area contributed by atoms with Crippen LogP contribution in [0.25, 0.3) is 11.1 Å². The number of unbranched alkanes of at least 4 members (excludes halogenated alkanes) is 12. The number of nitrogens with one attached hydrogen (secondary N) is 5. The molecule has 4 bridgehead atoms. The zero-order chi connectivity index (χ0) is 51.2. The van der Waals surface area contributed by atoms with Gasteiger partial charge in [0.25, 0.3) is 5.91 Å². The Labute approximate surface area is 405 Å². The molecule has 20 nitrogen and oxygen atoms in total. The molecule has 3 rings (SSSR count). The number of nitrogens with two attached hydrogens (primary N) is 1. The minimum atomic E-state index is -1.72. The number of aromatic hydroxyl groups is 2. The van der Waals surface area contributed by atoms with Crippen molar-refractivity contribution in [3.8, 4) is 22.6 Å². The number of phenols is 2. The fourth-order valence-electron chi connectivity index (χ4n) is 8.00. The number of aliphatic hydroxyl groups excluding tert-OH is 3. The van der Waals surface area contributed by atoms with Gasteiger partial charge in [0.05, 0.1) is 31.9 Å². The summed E-state index contributed by atoms with van der Waals surface area (Å²) in [6, 6.07) is 1.66. The molecule has 1 aliphatic rings. The van der Waals surface area contributed by atoms with E-state index in [-0.39, 0.29) is 46.9 Å². The SMILES string of the molecule is CCCCCCCCCCCCCCCC(=O)N(C)[C@H](CO)C(=O)N[C@H](N)C(=O)NCC(=O)N(C)[C@@H]1C(=O)N[C@@H](C)C(=O)N[C@H](C(=O)N[C@H](CO)C(C)O)Cc2ccc(O)c(c2)-c2cc1ccc2O. The lowest BCUT2D eigenvalue weighted by molar-refractivity contribution is -0.142. The van der Waals surface area contributed by atoms with Crippen LogP contribution in [0.4, 0.5) is 0 Å². The van der Waals surface area contributed by atoms with E-state index in [0.29, 0.717) is 12.0 Å². The lowest BCUT2D eigenvalue weighted by Crippen LogP contribution is -2.59. The average Bonchev–Trinajstić information content (AvgIpc) is 3.31. The van der Waals surface area contributed by atoms with Gasteiger partial charge in [-0.05, 0) is 55.7 Å². The first kappa shape index (κ1) is 57.5. The Morgan fingerprint density at radius 1 is 0.754 bits per heavy atom. The Morgan fingerprint density at radius 3 is 1.88 bits per heavy atom. The zero-order valence-corrected chi connectivity index (χ0v) is 40.8. The molecule has 1 heterocycles. The van der Waals surface area contributed by atoms with Crippen molar-refractivity contribution in [2.24, 2.45) is 5.73 Å². The van der Waals surface area contributed by atoms with E-state index in [1.54, 1.807) is 0 Å². The molecule has 12 N–H and O–H groups in total. The third kappa shape index (κ3) is 17.9. The number of fused-ring (bicyclic) bond motifs is 5. The Hall–Kier alpha value is -5.83. The molecule has 20 heteroatoms. The highest BCUT2D eigenvalue weighted by atomic mass is 16.3. The summed E-state index contributed by atoms with van der Waals surface area (Å²) < 4.78 is 0. The van der Waals surface area contributed by atoms with Gasteiger partial charge in [0.1, 0.15) is 35.7 Å². The van der Waals surface area contributed by atoms with Crippen molar-refractivity contribution in [2.75, 3.05) is 33.9 Å². The Morgan fingerprint density at radius 2 is 1.32 bits per heavy atom. The highest BCUT2D eigenvalue weighted by Crippen LogP contribution is 2.38. The number of phenolic OH excluding ortho intramolecular Hbond substituents is 2. The van der Waals surface area contributed by atoms with Crippen molar-refractivity contribution < 1.29 is 59.1 Å². The van der Waals surface area contributed by atoms with Gasteiger partial charge in [-0.15, -0.1) is 0 Å². The summed E-state index contributed by atoms with van der Waals surface area (Å²) in [5, 5.41) is 63.9. The number of aliphatic hydroxyl groups is 3. The van der Waals surface area contributed by atoms with Gasteiger partial charge in [0, 0.05) is 38.1 Å². The maximum atomic E-state index is 14.1. The number of rotatable bonds is 26. The lowest BCUT2D eigenvalue weighted by Gasteiger charge is -2.30. The number of likely N-dealkylation sites (N-methyl/N-ethyl adjacent to an activating group) is 2. The smallest absolute Gasteiger partial charge is 0.257 e. The third-order valence-corrected chi connectivity index (χ3v) is 12.5. The maximum Gasteiger partial charge on any atom is 0.257 e. The molecular weight excluding hydrogens is 893 g/mol. The lowest BCUT2D eigenvalue weighted by atomic mass is 9.93. The summed E-state index contributed by atoms with van der Waals surface area (Å²) in [6.45, 7) is 2.81. The molecule has 2 aromatic rings. The molecule has 0 fully saturated rings. The van der Waals surface area contributed by atoms with E-state index in [1.807, 2.05) is 0 Å². The summed E-state index contributed by atoms with van der Waals surface area (Å²) >= 11 is 0. The second-order valence-corrected chi connectivity index (χ2v) is 18.0. The fourth-order valence-corrected chi connectivity index (χ4v) is 8.00. The number of amides is 7. The van der Waals surface area contributed by atoms with Gasteiger partial charge in [0.2, 0.25) is 35.4 Å². The van der Waals surface area contributed by atoms with Crippen LogP contribution in [0.2, 0.25) is 0 Å². The van der Waals surface area contributed by atoms with Crippen molar-refractivity contribution in [3.63, 3.8) is 0 Å². The van der Waals surface area contributed by atoms with Gasteiger partial charge in [-0.25, -0.2) is 0 Å². The van der Waals surface area contributed by atoms with Gasteiger partial charge in [0.15, 0.2) is 6.17 Å². The minimum Gasteiger partial charge on any atom is -0.507 e. The van der Waals surface area contributed by atoms with Crippen molar-refractivity contribution >= 4 is 41.4 Å². The van der Waals surface area contributed by atoms with E-state index >= 15 is 0 Å². The van der Waals surface area contributed by atoms with Crippen LogP contribution >= 0.6 is 0 Å². The van der Waals surface area contributed by atoms with Crippen molar-refractivity contribution in [1.29, 1.82) is 0 Å². The Balaban J connectivity index is 1.66. The van der Waals surface area contributed by atoms with E-state index in [2.05, 4.69) is 33.5 Å². The molecule has 0 aliphatic carbocycles. The molecule has 7 amide bonds. The van der Waals surface area contributed by atoms with Crippen molar-refractivity contribution in [3.05, 3.63) is 47.5 Å². The molecule has 0 saturated heterocycles. The first-order valence-electron chi connectivity index (χ1n) is 24.2. The average molecular weight is 969 g/mol. The largest absolute Gasteiger partial charge is 0.507 e. The van der Waals surface area contributed by atoms with E-state index in [0.717, 1.165) is 35.5 Å². The molecule has 1 aliphatic heterocycles. The van der Waals surface area contributed by atoms with Crippen LogP contribution in [0.1, 0.15) is 128 Å². The topological polar surface area (TPSA) is 313 Å². The van der Waals surface area contributed by atoms with Crippen LogP contribution in [0.3, 0.4) is 0 Å². The molecule has 384 valence electrons. The van der Waals surface area contributed by atoms with Crippen LogP contribution in [0.5, 0.6) is 11.5 Å². The molecule has 2 aromatic carbocycles. The predicted octanol–water partition coefficient (Wildman–Crippen LogP) is 1.49. The first-order chi connectivity index (χ1) is 32.8. The van der Waals surface area contributed by atoms with Gasteiger partial charge in [-0.2, -0.15) is 0 Å². The molecular formula is C49H76N8O12. The first-order valence-corrected chi connectivity index (χ1v) is 24.2. The number of nitrogens with zero attached hydrogens (tertiary/aromatic N) is 2. The van der Waals surface area contributed by atoms with Crippen molar-refractivity contribution in [1.82, 2.24) is 36.4 Å². The van der Waals surface area contributed by atoms with E-state index < -0.39 is 97.7 Å². The normalized spacial score (nSPS) is 17.7. The van der Waals surface area contributed by atoms with Crippen molar-refractivity contribution in [2.45, 2.75) is 160 Å². The van der Waals surface area contributed by atoms with Crippen LogP contribution in [-0.4, -0.2) is 147 Å². The minimum absolute atomic E-state index is 0.0400. The molecule has 0 saturated carbocycles. The molecule has 7 atom stereocenters. The second kappa shape index (κ2) is 29.3. The molecule has 0 aromatic heterocycles. The van der Waals surface area contributed by atoms with Gasteiger partial charge >= 0.3 is 0 Å². The van der Waals surface area contributed by atoms with Gasteiger partial charge < -0.3 is 67.7 Å². The summed E-state index contributed by atoms with van der Waals surface area (Å²) in [5.41, 5.74) is 6.62. The van der Waals surface area contributed by atoms with E-state index in [1.165, 1.54) is 116 Å². The fraction of sp³-hybridized carbons (Fsp3) is 0.612. The maximum absolute atomic E-state index is 14.1. The molecule has 0 spiro atoms. The Kier molecular flexibility index (Phi) is 24.4. The van der Waals surface area contributed by atoms with Crippen LogP contribution < -0.4 is 32.3 Å². The summed E-state index contributed by atoms with van der Waals surface area (Å²) in [7, 11) is 2.62. The molecule has 69 heavy (non-hydrogen) atoms. The second-order valence-electron chi connectivity index (χ2n) is 18.0. The molecule has 1 unspecified atom stereocenters. The zero-order valence-electron chi connectivity index (χ0n) is 40.8. The number of hydrogen-bond acceptors (Lipinski definition) is 13. The quantitative estimate of drug-likeness (QED) is 0.0471. The van der Waals surface area contributed by atoms with E-state index in [4.69, 9.17) is 5.73 Å². The van der Waals surface area contributed by atoms with Gasteiger partial charge in [-0.3, -0.25) is 33.6 Å². The number of benzene rings is 2. The number of carbonyl (C=O) groups is 7. The number of hydrogen-bond donors (Lipinski definition) is 11. The van der Waals surface area contributed by atoms with Crippen LogP contribution in [-0.2, 0) is 40.0 Å². The monoisotopic (exact) mass is 969 g/mol. The highest BCUT2D eigenvalue weighted by molar-refractivity contribution is 5.97. The third-order valence-electron chi connectivity index (χ3n) is 12.5. The van der Waals surface area contributed by atoms with Gasteiger partial charge in [-0.1, -0.05) is 96.1 Å². The summed E-state index contributed by atoms with van der Waals surface area (Å²) in [6.07, 6.45) is 12.0.